The van der Waals surface area contributed by atoms with Gasteiger partial charge >= 0.3 is 5.97 Å². The fourth-order valence-electron chi connectivity index (χ4n) is 0.780. The summed E-state index contributed by atoms with van der Waals surface area (Å²) in [7, 11) is 1.07. The van der Waals surface area contributed by atoms with E-state index in [1.165, 1.54) is 12.4 Å². The maximum atomic E-state index is 11.0. The number of aliphatic hydroxyl groups is 1. The summed E-state index contributed by atoms with van der Waals surface area (Å²) >= 11 is 0. The largest absolute Gasteiger partial charge is 0.504 e. The highest BCUT2D eigenvalue weighted by atomic mass is 16.5. The number of ketones is 1. The zero-order valence-corrected chi connectivity index (χ0v) is 7.88. The van der Waals surface area contributed by atoms with Crippen LogP contribution in [0.2, 0.25) is 0 Å². The van der Waals surface area contributed by atoms with E-state index in [-0.39, 0.29) is 5.82 Å². The summed E-state index contributed by atoms with van der Waals surface area (Å²) in [5.41, 5.74) is 0. The van der Waals surface area contributed by atoms with Gasteiger partial charge < -0.3 is 9.84 Å². The zero-order valence-electron chi connectivity index (χ0n) is 7.88. The maximum absolute atomic E-state index is 11.0. The van der Waals surface area contributed by atoms with Crippen molar-refractivity contribution < 1.29 is 19.4 Å². The number of carbonyl (C=O) groups excluding carboxylic acids is 2. The molecule has 6 nitrogen and oxygen atoms in total. The lowest BCUT2D eigenvalue weighted by molar-refractivity contribution is -0.149. The molecule has 0 spiro atoms. The van der Waals surface area contributed by atoms with Crippen LogP contribution in [-0.2, 0) is 14.3 Å². The van der Waals surface area contributed by atoms with Gasteiger partial charge in [-0.1, -0.05) is 0 Å². The van der Waals surface area contributed by atoms with Crippen LogP contribution in [-0.4, -0.2) is 33.9 Å². The van der Waals surface area contributed by atoms with E-state index in [9.17, 15) is 14.7 Å². The number of hydrogen-bond donors (Lipinski definition) is 1. The van der Waals surface area contributed by atoms with Gasteiger partial charge in [-0.15, -0.1) is 0 Å². The lowest BCUT2D eigenvalue weighted by atomic mass is 10.3. The third kappa shape index (κ3) is 2.87. The average Bonchev–Trinajstić information content (AvgIpc) is 2.29. The molecule has 0 aromatic carbocycles. The van der Waals surface area contributed by atoms with E-state index < -0.39 is 17.5 Å². The van der Waals surface area contributed by atoms with E-state index in [0.29, 0.717) is 6.08 Å². The number of nitrogens with zero attached hydrogens (tertiary/aromatic N) is 2. The summed E-state index contributed by atoms with van der Waals surface area (Å²) in [5.74, 6) is -2.54. The van der Waals surface area contributed by atoms with Crippen molar-refractivity contribution in [3.05, 3.63) is 30.4 Å². The highest BCUT2D eigenvalue weighted by Gasteiger charge is 2.13. The molecule has 1 rings (SSSR count). The molecule has 1 aromatic heterocycles. The molecule has 15 heavy (non-hydrogen) atoms. The van der Waals surface area contributed by atoms with Crippen molar-refractivity contribution in [2.24, 2.45) is 0 Å². The highest BCUT2D eigenvalue weighted by molar-refractivity contribution is 6.39. The van der Waals surface area contributed by atoms with Crippen LogP contribution in [0.4, 0.5) is 0 Å². The first-order chi connectivity index (χ1) is 7.15. The minimum absolute atomic E-state index is 0.0326. The van der Waals surface area contributed by atoms with Gasteiger partial charge in [-0.05, 0) is 6.07 Å². The second kappa shape index (κ2) is 4.85. The molecule has 0 atom stereocenters. The van der Waals surface area contributed by atoms with Gasteiger partial charge in [-0.2, -0.15) is 0 Å². The molecule has 1 heterocycles. The van der Waals surface area contributed by atoms with Gasteiger partial charge in [-0.25, -0.2) is 14.8 Å². The SMILES string of the molecule is COC(=O)C(=O)/C=C(\O)c1ncccn1. The second-order valence-electron chi connectivity index (χ2n) is 2.46. The Kier molecular flexibility index (Phi) is 3.50. The molecule has 0 amide bonds. The first-order valence-corrected chi connectivity index (χ1v) is 3.95. The molecule has 0 radical (unpaired) electrons. The summed E-state index contributed by atoms with van der Waals surface area (Å²) in [6.45, 7) is 0. The van der Waals surface area contributed by atoms with Crippen molar-refractivity contribution in [3.63, 3.8) is 0 Å². The molecule has 0 saturated carbocycles. The van der Waals surface area contributed by atoms with Gasteiger partial charge in [0.2, 0.25) is 0 Å². The molecular weight excluding hydrogens is 200 g/mol. The number of carbonyl (C=O) groups is 2. The number of ether oxygens (including phenoxy) is 1. The van der Waals surface area contributed by atoms with E-state index >= 15 is 0 Å². The lowest BCUT2D eigenvalue weighted by Crippen LogP contribution is -2.13. The van der Waals surface area contributed by atoms with Crippen LogP contribution in [0, 0.1) is 0 Å². The fraction of sp³-hybridized carbons (Fsp3) is 0.111. The third-order valence-corrected chi connectivity index (χ3v) is 1.45. The van der Waals surface area contributed by atoms with Crippen LogP contribution in [0.3, 0.4) is 0 Å². The Balaban J connectivity index is 2.86. The molecular formula is C9H8N2O4. The Labute approximate surface area is 85.2 Å². The van der Waals surface area contributed by atoms with Crippen molar-refractivity contribution in [2.75, 3.05) is 7.11 Å². The average molecular weight is 208 g/mol. The van der Waals surface area contributed by atoms with Gasteiger partial charge in [0.05, 0.1) is 7.11 Å². The van der Waals surface area contributed by atoms with E-state index in [4.69, 9.17) is 0 Å². The molecule has 0 saturated heterocycles. The monoisotopic (exact) mass is 208 g/mol. The molecule has 0 unspecified atom stereocenters. The topological polar surface area (TPSA) is 89.4 Å². The van der Waals surface area contributed by atoms with Crippen LogP contribution in [0.15, 0.2) is 24.5 Å². The Morgan fingerprint density at radius 1 is 1.40 bits per heavy atom. The Morgan fingerprint density at radius 3 is 2.53 bits per heavy atom. The number of aromatic nitrogens is 2. The molecule has 0 bridgehead atoms. The zero-order chi connectivity index (χ0) is 11.3. The van der Waals surface area contributed by atoms with Gasteiger partial charge in [0.25, 0.3) is 5.78 Å². The Morgan fingerprint density at radius 2 is 2.00 bits per heavy atom. The van der Waals surface area contributed by atoms with Gasteiger partial charge in [0, 0.05) is 18.5 Å². The van der Waals surface area contributed by atoms with Crippen molar-refractivity contribution in [2.45, 2.75) is 0 Å². The standard InChI is InChI=1S/C9H8N2O4/c1-15-9(14)7(13)5-6(12)8-10-3-2-4-11-8/h2-5,12H,1H3/b6-5-. The van der Waals surface area contributed by atoms with E-state index in [1.54, 1.807) is 6.07 Å². The molecule has 6 heteroatoms. The number of esters is 1. The van der Waals surface area contributed by atoms with Crippen molar-refractivity contribution in [3.8, 4) is 0 Å². The summed E-state index contributed by atoms with van der Waals surface area (Å²) < 4.78 is 4.16. The van der Waals surface area contributed by atoms with Crippen LogP contribution < -0.4 is 0 Å². The summed E-state index contributed by atoms with van der Waals surface area (Å²) in [6, 6.07) is 1.55. The summed E-state index contributed by atoms with van der Waals surface area (Å²) in [4.78, 5) is 29.1. The smallest absolute Gasteiger partial charge is 0.378 e. The van der Waals surface area contributed by atoms with E-state index in [0.717, 1.165) is 7.11 Å². The first kappa shape index (κ1) is 10.8. The fourth-order valence-corrected chi connectivity index (χ4v) is 0.780. The lowest BCUT2D eigenvalue weighted by Gasteiger charge is -1.96. The van der Waals surface area contributed by atoms with Crippen molar-refractivity contribution >= 4 is 17.5 Å². The quantitative estimate of drug-likeness (QED) is 0.328. The van der Waals surface area contributed by atoms with Gasteiger partial charge in [0.1, 0.15) is 0 Å². The predicted molar refractivity (Wildman–Crippen MR) is 49.7 cm³/mol. The normalized spacial score (nSPS) is 10.9. The highest BCUT2D eigenvalue weighted by Crippen LogP contribution is 2.03. The number of rotatable bonds is 3. The Hall–Kier alpha value is -2.24. The number of hydrogen-bond acceptors (Lipinski definition) is 6. The van der Waals surface area contributed by atoms with E-state index in [1.807, 2.05) is 0 Å². The molecule has 1 aromatic rings. The minimum atomic E-state index is -1.06. The maximum Gasteiger partial charge on any atom is 0.378 e. The van der Waals surface area contributed by atoms with Crippen LogP contribution >= 0.6 is 0 Å². The number of aliphatic hydroxyl groups excluding tert-OH is 1. The number of methoxy groups -OCH3 is 1. The molecule has 78 valence electrons. The molecule has 0 fully saturated rings. The molecule has 0 aliphatic rings. The summed E-state index contributed by atoms with van der Waals surface area (Å²) in [5, 5.41) is 9.34. The van der Waals surface area contributed by atoms with Gasteiger partial charge in [0.15, 0.2) is 11.6 Å². The van der Waals surface area contributed by atoms with Crippen LogP contribution in [0.25, 0.3) is 5.76 Å². The Bertz CT molecular complexity index is 400. The predicted octanol–water partition coefficient (Wildman–Crippen LogP) is 0.118. The summed E-state index contributed by atoms with van der Waals surface area (Å²) in [6.07, 6.45) is 3.51. The van der Waals surface area contributed by atoms with Crippen molar-refractivity contribution in [1.29, 1.82) is 0 Å². The van der Waals surface area contributed by atoms with Gasteiger partial charge in [-0.3, -0.25) is 4.79 Å². The second-order valence-corrected chi connectivity index (χ2v) is 2.46. The molecule has 0 aliphatic carbocycles. The van der Waals surface area contributed by atoms with Crippen LogP contribution in [0.1, 0.15) is 5.82 Å². The minimum Gasteiger partial charge on any atom is -0.504 e. The first-order valence-electron chi connectivity index (χ1n) is 3.95. The molecule has 1 N–H and O–H groups in total. The van der Waals surface area contributed by atoms with E-state index in [2.05, 4.69) is 14.7 Å². The van der Waals surface area contributed by atoms with Crippen molar-refractivity contribution in [1.82, 2.24) is 9.97 Å². The van der Waals surface area contributed by atoms with Crippen LogP contribution in [0.5, 0.6) is 0 Å². The molecule has 0 aliphatic heterocycles. The third-order valence-electron chi connectivity index (χ3n) is 1.45.